The van der Waals surface area contributed by atoms with Crippen molar-refractivity contribution in [3.63, 3.8) is 0 Å². The third kappa shape index (κ3) is 4.43. The van der Waals surface area contributed by atoms with Gasteiger partial charge in [0.05, 0.1) is 4.92 Å². The smallest absolute Gasteiger partial charge is 0.323 e. The molecule has 0 aliphatic heterocycles. The minimum atomic E-state index is -1.09. The van der Waals surface area contributed by atoms with Crippen LogP contribution in [0.3, 0.4) is 0 Å². The van der Waals surface area contributed by atoms with Crippen molar-refractivity contribution in [2.75, 3.05) is 38.6 Å². The lowest BCUT2D eigenvalue weighted by Gasteiger charge is -2.24. The van der Waals surface area contributed by atoms with E-state index >= 15 is 0 Å². The second-order valence-electron chi connectivity index (χ2n) is 4.66. The lowest BCUT2D eigenvalue weighted by molar-refractivity contribution is -0.384. The second-order valence-corrected chi connectivity index (χ2v) is 4.66. The molecule has 8 heteroatoms. The number of aliphatic carboxylic acids is 1. The van der Waals surface area contributed by atoms with E-state index in [1.165, 1.54) is 23.1 Å². The van der Waals surface area contributed by atoms with Gasteiger partial charge in [0.25, 0.3) is 0 Å². The Morgan fingerprint density at radius 1 is 1.43 bits per heavy atom. The van der Waals surface area contributed by atoms with Crippen molar-refractivity contribution in [1.82, 2.24) is 4.90 Å². The van der Waals surface area contributed by atoms with Crippen LogP contribution in [-0.2, 0) is 4.79 Å². The number of carboxylic acid groups (broad SMARTS) is 1. The van der Waals surface area contributed by atoms with Gasteiger partial charge < -0.3 is 14.9 Å². The van der Waals surface area contributed by atoms with Gasteiger partial charge in [-0.05, 0) is 26.2 Å². The highest BCUT2D eigenvalue weighted by Crippen LogP contribution is 2.31. The summed E-state index contributed by atoms with van der Waals surface area (Å²) in [5, 5.41) is 29.2. The number of para-hydroxylation sites is 1. The Labute approximate surface area is 122 Å². The molecule has 21 heavy (non-hydrogen) atoms. The Morgan fingerprint density at radius 2 is 2.10 bits per heavy atom. The van der Waals surface area contributed by atoms with Crippen LogP contribution in [0.2, 0.25) is 0 Å². The molecule has 1 N–H and O–H groups in total. The lowest BCUT2D eigenvalue weighted by Crippen LogP contribution is -2.36. The molecule has 8 nitrogen and oxygen atoms in total. The minimum absolute atomic E-state index is 0.0854. The maximum Gasteiger partial charge on any atom is 0.323 e. The van der Waals surface area contributed by atoms with E-state index in [9.17, 15) is 14.9 Å². The zero-order valence-corrected chi connectivity index (χ0v) is 11.8. The van der Waals surface area contributed by atoms with E-state index in [4.69, 9.17) is 10.4 Å². The Kier molecular flexibility index (Phi) is 5.63. The molecule has 1 aromatic carbocycles. The number of carbonyl (C=O) groups is 1. The minimum Gasteiger partial charge on any atom is -0.480 e. The molecule has 0 saturated heterocycles. The molecule has 0 saturated carbocycles. The number of hydrogen-bond donors (Lipinski definition) is 1. The van der Waals surface area contributed by atoms with Crippen molar-refractivity contribution in [2.45, 2.75) is 0 Å². The largest absolute Gasteiger partial charge is 0.480 e. The fourth-order valence-electron chi connectivity index (χ4n) is 1.84. The number of hydrogen-bond acceptors (Lipinski definition) is 6. The number of benzene rings is 1. The topological polar surface area (TPSA) is 111 Å². The SMILES string of the molecule is CN(C)CCN(CC(=O)O)c1cccc(C#N)c1[N+](=O)[O-]. The first kappa shape index (κ1) is 16.4. The zero-order valence-electron chi connectivity index (χ0n) is 11.8. The number of nitrogens with zero attached hydrogens (tertiary/aromatic N) is 4. The highest BCUT2D eigenvalue weighted by Gasteiger charge is 2.25. The first-order valence-electron chi connectivity index (χ1n) is 6.15. The van der Waals surface area contributed by atoms with E-state index in [-0.39, 0.29) is 23.5 Å². The van der Waals surface area contributed by atoms with Gasteiger partial charge in [-0.3, -0.25) is 14.9 Å². The summed E-state index contributed by atoms with van der Waals surface area (Å²) in [6, 6.07) is 6.07. The summed E-state index contributed by atoms with van der Waals surface area (Å²) in [4.78, 5) is 24.8. The summed E-state index contributed by atoms with van der Waals surface area (Å²) in [5.74, 6) is -1.09. The number of nitro groups is 1. The summed E-state index contributed by atoms with van der Waals surface area (Å²) < 4.78 is 0. The number of likely N-dealkylation sites (N-methyl/N-ethyl adjacent to an activating group) is 1. The van der Waals surface area contributed by atoms with Crippen molar-refractivity contribution in [1.29, 1.82) is 5.26 Å². The molecule has 0 aromatic heterocycles. The molecular weight excluding hydrogens is 276 g/mol. The highest BCUT2D eigenvalue weighted by atomic mass is 16.6. The van der Waals surface area contributed by atoms with Crippen molar-refractivity contribution in [2.24, 2.45) is 0 Å². The van der Waals surface area contributed by atoms with Crippen LogP contribution in [0, 0.1) is 21.4 Å². The Morgan fingerprint density at radius 3 is 2.57 bits per heavy atom. The lowest BCUT2D eigenvalue weighted by atomic mass is 10.1. The normalized spacial score (nSPS) is 10.2. The molecule has 0 spiro atoms. The van der Waals surface area contributed by atoms with Crippen molar-refractivity contribution in [3.05, 3.63) is 33.9 Å². The van der Waals surface area contributed by atoms with Crippen LogP contribution in [-0.4, -0.2) is 54.6 Å². The van der Waals surface area contributed by atoms with Gasteiger partial charge in [0, 0.05) is 13.1 Å². The molecular formula is C13H16N4O4. The summed E-state index contributed by atoms with van der Waals surface area (Å²) in [6.45, 7) is 0.458. The molecule has 0 unspecified atom stereocenters. The molecule has 0 fully saturated rings. The van der Waals surface area contributed by atoms with Gasteiger partial charge >= 0.3 is 11.7 Å². The van der Waals surface area contributed by atoms with Crippen LogP contribution in [0.15, 0.2) is 18.2 Å². The molecule has 112 valence electrons. The van der Waals surface area contributed by atoms with E-state index in [0.717, 1.165) is 0 Å². The average Bonchev–Trinajstić information content (AvgIpc) is 2.41. The number of carboxylic acids is 1. The molecule has 0 bridgehead atoms. The molecule has 0 aliphatic carbocycles. The fraction of sp³-hybridized carbons (Fsp3) is 0.385. The predicted molar refractivity (Wildman–Crippen MR) is 76.2 cm³/mol. The molecule has 0 amide bonds. The van der Waals surface area contributed by atoms with Crippen LogP contribution in [0.4, 0.5) is 11.4 Å². The third-order valence-electron chi connectivity index (χ3n) is 2.80. The van der Waals surface area contributed by atoms with Crippen LogP contribution in [0.5, 0.6) is 0 Å². The number of rotatable bonds is 7. The van der Waals surface area contributed by atoms with Gasteiger partial charge in [-0.15, -0.1) is 0 Å². The van der Waals surface area contributed by atoms with Gasteiger partial charge in [-0.1, -0.05) is 6.07 Å². The summed E-state index contributed by atoms with van der Waals surface area (Å²) >= 11 is 0. The summed E-state index contributed by atoms with van der Waals surface area (Å²) in [5.41, 5.74) is -0.305. The standard InChI is InChI=1S/C13H16N4O4/c1-15(2)6-7-16(9-12(18)19)11-5-3-4-10(8-14)13(11)17(20)21/h3-5H,6-7,9H2,1-2H3,(H,18,19). The second kappa shape index (κ2) is 7.21. The molecule has 1 rings (SSSR count). The van der Waals surface area contributed by atoms with Crippen molar-refractivity contribution in [3.8, 4) is 6.07 Å². The maximum atomic E-state index is 11.2. The van der Waals surface area contributed by atoms with Gasteiger partial charge in [0.2, 0.25) is 0 Å². The molecule has 0 aliphatic rings. The number of nitro benzene ring substituents is 1. The van der Waals surface area contributed by atoms with E-state index in [1.54, 1.807) is 6.07 Å². The van der Waals surface area contributed by atoms with Crippen LogP contribution < -0.4 is 4.90 Å². The van der Waals surface area contributed by atoms with Gasteiger partial charge in [0.1, 0.15) is 23.9 Å². The molecule has 1 aromatic rings. The quantitative estimate of drug-likeness (QED) is 0.587. The molecule has 0 heterocycles. The summed E-state index contributed by atoms with van der Waals surface area (Å²) in [6.07, 6.45) is 0. The Hall–Kier alpha value is -2.66. The Balaban J connectivity index is 3.26. The predicted octanol–water partition coefficient (Wildman–Crippen LogP) is 0.919. The van der Waals surface area contributed by atoms with Gasteiger partial charge in [0.15, 0.2) is 0 Å². The zero-order chi connectivity index (χ0) is 16.0. The van der Waals surface area contributed by atoms with E-state index in [0.29, 0.717) is 13.1 Å². The summed E-state index contributed by atoms with van der Waals surface area (Å²) in [7, 11) is 3.64. The maximum absolute atomic E-state index is 11.2. The first-order chi connectivity index (χ1) is 9.86. The molecule has 0 radical (unpaired) electrons. The van der Waals surface area contributed by atoms with Crippen LogP contribution in [0.1, 0.15) is 5.56 Å². The van der Waals surface area contributed by atoms with Crippen LogP contribution in [0.25, 0.3) is 0 Å². The van der Waals surface area contributed by atoms with Crippen LogP contribution >= 0.6 is 0 Å². The molecule has 0 atom stereocenters. The first-order valence-corrected chi connectivity index (χ1v) is 6.15. The fourth-order valence-corrected chi connectivity index (χ4v) is 1.84. The number of anilines is 1. The number of nitriles is 1. The van der Waals surface area contributed by atoms with Crippen molar-refractivity contribution < 1.29 is 14.8 Å². The highest BCUT2D eigenvalue weighted by molar-refractivity contribution is 5.77. The van der Waals surface area contributed by atoms with Crippen molar-refractivity contribution >= 4 is 17.3 Å². The monoisotopic (exact) mass is 292 g/mol. The van der Waals surface area contributed by atoms with Gasteiger partial charge in [-0.2, -0.15) is 5.26 Å². The van der Waals surface area contributed by atoms with E-state index in [1.807, 2.05) is 19.0 Å². The average molecular weight is 292 g/mol. The van der Waals surface area contributed by atoms with E-state index in [2.05, 4.69) is 0 Å². The third-order valence-corrected chi connectivity index (χ3v) is 2.80. The van der Waals surface area contributed by atoms with E-state index < -0.39 is 10.9 Å². The van der Waals surface area contributed by atoms with Gasteiger partial charge in [-0.25, -0.2) is 0 Å². The Bertz CT molecular complexity index is 580.